The molecule has 1 heterocycles. The van der Waals surface area contributed by atoms with Crippen LogP contribution in [-0.2, 0) is 6.54 Å². The summed E-state index contributed by atoms with van der Waals surface area (Å²) in [4.78, 5) is 2.61. The highest BCUT2D eigenvalue weighted by Crippen LogP contribution is 2.29. The number of benzene rings is 1. The molecule has 1 aromatic rings. The lowest BCUT2D eigenvalue weighted by molar-refractivity contribution is 0.610. The molecule has 0 aliphatic carbocycles. The van der Waals surface area contributed by atoms with E-state index in [9.17, 15) is 0 Å². The maximum atomic E-state index is 3.61. The lowest BCUT2D eigenvalue weighted by Gasteiger charge is -2.31. The third-order valence-corrected chi connectivity index (χ3v) is 4.64. The second-order valence-electron chi connectivity index (χ2n) is 5.84. The second-order valence-corrected chi connectivity index (χ2v) is 6.76. The monoisotopic (exact) mass is 338 g/mol. The molecule has 20 heavy (non-hydrogen) atoms. The number of halogens is 1. The molecule has 0 amide bonds. The van der Waals surface area contributed by atoms with Crippen molar-refractivity contribution in [2.75, 3.05) is 18.0 Å². The molecule has 1 aromatic carbocycles. The van der Waals surface area contributed by atoms with Crippen molar-refractivity contribution in [3.8, 4) is 0 Å². The Balaban J connectivity index is 2.19. The van der Waals surface area contributed by atoms with E-state index in [2.05, 4.69) is 58.2 Å². The van der Waals surface area contributed by atoms with E-state index in [1.807, 2.05) is 0 Å². The summed E-state index contributed by atoms with van der Waals surface area (Å²) >= 11 is 3.61. The molecule has 1 N–H and O–H groups in total. The minimum Gasteiger partial charge on any atom is -0.369 e. The van der Waals surface area contributed by atoms with E-state index in [4.69, 9.17) is 0 Å². The van der Waals surface area contributed by atoms with Crippen LogP contribution in [-0.4, -0.2) is 19.1 Å². The Morgan fingerprint density at radius 1 is 1.30 bits per heavy atom. The number of hydrogen-bond donors (Lipinski definition) is 1. The normalized spacial score (nSPS) is 19.9. The van der Waals surface area contributed by atoms with E-state index in [0.29, 0.717) is 6.04 Å². The SMILES string of the molecule is CCCNCc1cc(Br)ccc1N1CCCCCC1C. The maximum absolute atomic E-state index is 3.61. The van der Waals surface area contributed by atoms with Gasteiger partial charge in [0.1, 0.15) is 0 Å². The number of hydrogen-bond acceptors (Lipinski definition) is 2. The lowest BCUT2D eigenvalue weighted by atomic mass is 10.1. The van der Waals surface area contributed by atoms with Gasteiger partial charge in [0.15, 0.2) is 0 Å². The average molecular weight is 339 g/mol. The van der Waals surface area contributed by atoms with E-state index >= 15 is 0 Å². The lowest BCUT2D eigenvalue weighted by Crippen LogP contribution is -2.33. The Morgan fingerprint density at radius 3 is 2.95 bits per heavy atom. The summed E-state index contributed by atoms with van der Waals surface area (Å²) in [5.74, 6) is 0. The standard InChI is InChI=1S/C17H27BrN2/c1-3-10-19-13-15-12-16(18)8-9-17(15)20-11-6-4-5-7-14(20)2/h8-9,12,14,19H,3-7,10-11,13H2,1-2H3. The van der Waals surface area contributed by atoms with Gasteiger partial charge < -0.3 is 10.2 Å². The van der Waals surface area contributed by atoms with Crippen LogP contribution in [0.3, 0.4) is 0 Å². The zero-order chi connectivity index (χ0) is 14.4. The first kappa shape index (κ1) is 15.8. The molecule has 1 aliphatic rings. The molecule has 2 nitrogen and oxygen atoms in total. The average Bonchev–Trinajstić information content (AvgIpc) is 2.64. The van der Waals surface area contributed by atoms with Gasteiger partial charge in [-0.05, 0) is 56.5 Å². The zero-order valence-corrected chi connectivity index (χ0v) is 14.4. The molecule has 0 bridgehead atoms. The van der Waals surface area contributed by atoms with Crippen molar-refractivity contribution in [2.45, 2.75) is 58.5 Å². The molecular weight excluding hydrogens is 312 g/mol. The van der Waals surface area contributed by atoms with Crippen LogP contribution in [0.15, 0.2) is 22.7 Å². The number of nitrogens with zero attached hydrogens (tertiary/aromatic N) is 1. The second kappa shape index (κ2) is 8.04. The number of nitrogens with one attached hydrogen (secondary N) is 1. The van der Waals surface area contributed by atoms with E-state index in [0.717, 1.165) is 13.1 Å². The summed E-state index contributed by atoms with van der Waals surface area (Å²) in [6, 6.07) is 7.39. The Bertz CT molecular complexity index is 419. The van der Waals surface area contributed by atoms with Crippen LogP contribution < -0.4 is 10.2 Å². The molecule has 1 unspecified atom stereocenters. The predicted octanol–water partition coefficient (Wildman–Crippen LogP) is 4.72. The van der Waals surface area contributed by atoms with Gasteiger partial charge in [-0.15, -0.1) is 0 Å². The largest absolute Gasteiger partial charge is 0.369 e. The summed E-state index contributed by atoms with van der Waals surface area (Å²) < 4.78 is 1.18. The summed E-state index contributed by atoms with van der Waals surface area (Å²) in [6.45, 7) is 7.83. The van der Waals surface area contributed by atoms with E-state index in [1.165, 1.54) is 54.4 Å². The van der Waals surface area contributed by atoms with Crippen molar-refractivity contribution in [2.24, 2.45) is 0 Å². The van der Waals surface area contributed by atoms with Crippen molar-refractivity contribution in [1.82, 2.24) is 5.32 Å². The van der Waals surface area contributed by atoms with Gasteiger partial charge in [0.25, 0.3) is 0 Å². The van der Waals surface area contributed by atoms with Crippen molar-refractivity contribution in [1.29, 1.82) is 0 Å². The van der Waals surface area contributed by atoms with Gasteiger partial charge in [0, 0.05) is 29.3 Å². The molecule has 2 rings (SSSR count). The van der Waals surface area contributed by atoms with Crippen molar-refractivity contribution in [3.05, 3.63) is 28.2 Å². The maximum Gasteiger partial charge on any atom is 0.0415 e. The first-order chi connectivity index (χ1) is 9.72. The fourth-order valence-electron chi connectivity index (χ4n) is 3.01. The van der Waals surface area contributed by atoms with Gasteiger partial charge in [-0.2, -0.15) is 0 Å². The van der Waals surface area contributed by atoms with E-state index in [-0.39, 0.29) is 0 Å². The first-order valence-electron chi connectivity index (χ1n) is 7.98. The fourth-order valence-corrected chi connectivity index (χ4v) is 3.42. The molecule has 112 valence electrons. The van der Waals surface area contributed by atoms with E-state index in [1.54, 1.807) is 0 Å². The van der Waals surface area contributed by atoms with Crippen LogP contribution >= 0.6 is 15.9 Å². The Kier molecular flexibility index (Phi) is 6.37. The van der Waals surface area contributed by atoms with Crippen molar-refractivity contribution >= 4 is 21.6 Å². The van der Waals surface area contributed by atoms with E-state index < -0.39 is 0 Å². The van der Waals surface area contributed by atoms with Gasteiger partial charge >= 0.3 is 0 Å². The molecule has 1 atom stereocenters. The van der Waals surface area contributed by atoms with Gasteiger partial charge in [-0.1, -0.05) is 35.7 Å². The third-order valence-electron chi connectivity index (χ3n) is 4.15. The van der Waals surface area contributed by atoms with Gasteiger partial charge in [-0.25, -0.2) is 0 Å². The van der Waals surface area contributed by atoms with Crippen molar-refractivity contribution < 1.29 is 0 Å². The minimum atomic E-state index is 0.656. The summed E-state index contributed by atoms with van der Waals surface area (Å²) in [6.07, 6.45) is 6.57. The van der Waals surface area contributed by atoms with Gasteiger partial charge in [-0.3, -0.25) is 0 Å². The van der Waals surface area contributed by atoms with Crippen LogP contribution in [0.1, 0.15) is 51.5 Å². The van der Waals surface area contributed by atoms with Crippen molar-refractivity contribution in [3.63, 3.8) is 0 Å². The highest BCUT2D eigenvalue weighted by molar-refractivity contribution is 9.10. The molecule has 0 saturated carbocycles. The molecular formula is C17H27BrN2. The van der Waals surface area contributed by atoms with Gasteiger partial charge in [0.05, 0.1) is 0 Å². The zero-order valence-electron chi connectivity index (χ0n) is 12.8. The van der Waals surface area contributed by atoms with Gasteiger partial charge in [0.2, 0.25) is 0 Å². The molecule has 1 aliphatic heterocycles. The highest BCUT2D eigenvalue weighted by atomic mass is 79.9. The number of rotatable bonds is 5. The Hall–Kier alpha value is -0.540. The minimum absolute atomic E-state index is 0.656. The molecule has 3 heteroatoms. The molecule has 0 aromatic heterocycles. The first-order valence-corrected chi connectivity index (χ1v) is 8.77. The summed E-state index contributed by atoms with van der Waals surface area (Å²) in [5, 5.41) is 3.54. The van der Waals surface area contributed by atoms with Crippen LogP contribution in [0.25, 0.3) is 0 Å². The van der Waals surface area contributed by atoms with Crippen LogP contribution in [0.5, 0.6) is 0 Å². The molecule has 1 fully saturated rings. The smallest absolute Gasteiger partial charge is 0.0415 e. The third kappa shape index (κ3) is 4.23. The predicted molar refractivity (Wildman–Crippen MR) is 91.4 cm³/mol. The molecule has 0 radical (unpaired) electrons. The Labute approximate surface area is 132 Å². The summed E-state index contributed by atoms with van der Waals surface area (Å²) in [5.41, 5.74) is 2.84. The Morgan fingerprint density at radius 2 is 2.15 bits per heavy atom. The number of anilines is 1. The molecule has 1 saturated heterocycles. The highest BCUT2D eigenvalue weighted by Gasteiger charge is 2.19. The van der Waals surface area contributed by atoms with Crippen LogP contribution in [0, 0.1) is 0 Å². The fraction of sp³-hybridized carbons (Fsp3) is 0.647. The quantitative estimate of drug-likeness (QED) is 0.781. The van der Waals surface area contributed by atoms with Crippen LogP contribution in [0.2, 0.25) is 0 Å². The topological polar surface area (TPSA) is 15.3 Å². The summed E-state index contributed by atoms with van der Waals surface area (Å²) in [7, 11) is 0. The van der Waals surface area contributed by atoms with Crippen LogP contribution in [0.4, 0.5) is 5.69 Å². The molecule has 0 spiro atoms.